The minimum Gasteiger partial charge on any atom is -0.395 e. The van der Waals surface area contributed by atoms with Gasteiger partial charge in [0.05, 0.1) is 12.2 Å². The molecule has 4 nitrogen and oxygen atoms in total. The predicted molar refractivity (Wildman–Crippen MR) is 79.4 cm³/mol. The van der Waals surface area contributed by atoms with Crippen LogP contribution in [0.5, 0.6) is 0 Å². The van der Waals surface area contributed by atoms with Crippen LogP contribution in [0.25, 0.3) is 0 Å². The van der Waals surface area contributed by atoms with Crippen molar-refractivity contribution in [3.8, 4) is 11.8 Å². The van der Waals surface area contributed by atoms with Crippen molar-refractivity contribution in [1.82, 2.24) is 5.32 Å². The fourth-order valence-electron chi connectivity index (χ4n) is 2.34. The molecule has 0 spiro atoms. The molecule has 0 radical (unpaired) electrons. The smallest absolute Gasteiger partial charge is 0.319 e. The van der Waals surface area contributed by atoms with Crippen LogP contribution in [0.2, 0.25) is 0 Å². The van der Waals surface area contributed by atoms with Gasteiger partial charge in [-0.1, -0.05) is 24.7 Å². The molecule has 0 unspecified atom stereocenters. The number of hydrogen-bond acceptors (Lipinski definition) is 2. The maximum Gasteiger partial charge on any atom is 0.319 e. The fourth-order valence-corrected chi connectivity index (χ4v) is 2.34. The maximum absolute atomic E-state index is 13.6. The zero-order valence-electron chi connectivity index (χ0n) is 11.8. The highest BCUT2D eigenvalue weighted by atomic mass is 19.1. The van der Waals surface area contributed by atoms with Crippen LogP contribution in [0.15, 0.2) is 18.2 Å². The second-order valence-corrected chi connectivity index (χ2v) is 5.05. The predicted octanol–water partition coefficient (Wildman–Crippen LogP) is 2.62. The van der Waals surface area contributed by atoms with Crippen LogP contribution < -0.4 is 10.6 Å². The lowest BCUT2D eigenvalue weighted by Gasteiger charge is -2.13. The Morgan fingerprint density at radius 2 is 2.14 bits per heavy atom. The maximum atomic E-state index is 13.6. The van der Waals surface area contributed by atoms with Crippen LogP contribution in [0, 0.1) is 17.7 Å². The monoisotopic (exact) mass is 290 g/mol. The highest BCUT2D eigenvalue weighted by molar-refractivity contribution is 5.89. The first-order chi connectivity index (χ1) is 10.2. The highest BCUT2D eigenvalue weighted by Crippen LogP contribution is 2.18. The molecule has 1 aromatic rings. The fraction of sp³-hybridized carbons (Fsp3) is 0.438. The summed E-state index contributed by atoms with van der Waals surface area (Å²) in [6.07, 6.45) is 4.60. The van der Waals surface area contributed by atoms with Crippen molar-refractivity contribution in [2.24, 2.45) is 0 Å². The number of halogens is 1. The summed E-state index contributed by atoms with van der Waals surface area (Å²) in [6.45, 7) is -0.0592. The molecule has 5 heteroatoms. The Morgan fingerprint density at radius 3 is 2.86 bits per heavy atom. The Labute approximate surface area is 123 Å². The lowest BCUT2D eigenvalue weighted by atomic mass is 10.2. The molecule has 0 atom stereocenters. The van der Waals surface area contributed by atoms with Crippen LogP contribution in [0.4, 0.5) is 14.9 Å². The Kier molecular flexibility index (Phi) is 5.59. The van der Waals surface area contributed by atoms with E-state index in [1.165, 1.54) is 18.2 Å². The number of rotatable bonds is 3. The van der Waals surface area contributed by atoms with E-state index >= 15 is 0 Å². The van der Waals surface area contributed by atoms with Gasteiger partial charge in [0.25, 0.3) is 0 Å². The van der Waals surface area contributed by atoms with Gasteiger partial charge in [0.15, 0.2) is 0 Å². The van der Waals surface area contributed by atoms with Crippen LogP contribution >= 0.6 is 0 Å². The van der Waals surface area contributed by atoms with Gasteiger partial charge in [0.1, 0.15) is 5.82 Å². The first kappa shape index (κ1) is 15.3. The van der Waals surface area contributed by atoms with Gasteiger partial charge in [-0.25, -0.2) is 9.18 Å². The summed E-state index contributed by atoms with van der Waals surface area (Å²) in [5.74, 6) is 4.86. The van der Waals surface area contributed by atoms with Crippen molar-refractivity contribution < 1.29 is 14.3 Å². The molecule has 0 bridgehead atoms. The van der Waals surface area contributed by atoms with Crippen LogP contribution in [0.3, 0.4) is 0 Å². The van der Waals surface area contributed by atoms with Crippen molar-refractivity contribution in [1.29, 1.82) is 0 Å². The molecule has 0 saturated heterocycles. The molecule has 0 aliphatic heterocycles. The Hall–Kier alpha value is -2.06. The summed E-state index contributed by atoms with van der Waals surface area (Å²) >= 11 is 0. The second kappa shape index (κ2) is 7.65. The van der Waals surface area contributed by atoms with Gasteiger partial charge in [-0.3, -0.25) is 0 Å². The number of hydrogen-bond donors (Lipinski definition) is 3. The number of benzene rings is 1. The molecular weight excluding hydrogens is 271 g/mol. The van der Waals surface area contributed by atoms with Crippen LogP contribution in [-0.2, 0) is 0 Å². The van der Waals surface area contributed by atoms with Crippen molar-refractivity contribution in [3.63, 3.8) is 0 Å². The summed E-state index contributed by atoms with van der Waals surface area (Å²) in [6, 6.07) is 4.22. The molecule has 0 aromatic heterocycles. The third-order valence-corrected chi connectivity index (χ3v) is 3.37. The van der Waals surface area contributed by atoms with E-state index in [9.17, 15) is 9.18 Å². The van der Waals surface area contributed by atoms with E-state index < -0.39 is 5.82 Å². The molecule has 21 heavy (non-hydrogen) atoms. The topological polar surface area (TPSA) is 61.4 Å². The van der Waals surface area contributed by atoms with E-state index in [2.05, 4.69) is 22.5 Å². The molecule has 2 rings (SSSR count). The van der Waals surface area contributed by atoms with E-state index in [0.29, 0.717) is 12.1 Å². The van der Waals surface area contributed by atoms with Gasteiger partial charge in [0, 0.05) is 18.2 Å². The summed E-state index contributed by atoms with van der Waals surface area (Å²) < 4.78 is 13.6. The number of anilines is 1. The summed E-state index contributed by atoms with van der Waals surface area (Å²) in [5, 5.41) is 14.3. The van der Waals surface area contributed by atoms with E-state index in [-0.39, 0.29) is 24.2 Å². The number of carbonyl (C=O) groups is 1. The Bertz CT molecular complexity index is 557. The van der Waals surface area contributed by atoms with Gasteiger partial charge in [-0.15, -0.1) is 0 Å². The molecule has 3 N–H and O–H groups in total. The zero-order chi connectivity index (χ0) is 15.1. The molecule has 0 heterocycles. The number of carbonyl (C=O) groups excluding carboxylic acids is 1. The lowest BCUT2D eigenvalue weighted by Crippen LogP contribution is -2.36. The van der Waals surface area contributed by atoms with Gasteiger partial charge in [0.2, 0.25) is 0 Å². The van der Waals surface area contributed by atoms with E-state index in [1.807, 2.05) is 0 Å². The van der Waals surface area contributed by atoms with E-state index in [0.717, 1.165) is 25.7 Å². The molecule has 1 aromatic carbocycles. The number of nitrogens with one attached hydrogen (secondary N) is 2. The quantitative estimate of drug-likeness (QED) is 0.749. The number of amides is 2. The van der Waals surface area contributed by atoms with Crippen molar-refractivity contribution in [2.45, 2.75) is 38.1 Å². The van der Waals surface area contributed by atoms with Crippen LogP contribution in [0.1, 0.15) is 37.7 Å². The average Bonchev–Trinajstić information content (AvgIpc) is 2.95. The standard InChI is InChI=1S/C16H19FN2O2/c17-15-9-8-14(11-12(15)5-3-4-10-20)19-16(21)18-13-6-1-2-7-13/h8-9,11,13,20H,1-2,4,6-7,10H2,(H2,18,19,21). The number of aliphatic hydroxyl groups is 1. The third-order valence-electron chi connectivity index (χ3n) is 3.37. The minimum atomic E-state index is -0.442. The minimum absolute atomic E-state index is 0.0592. The molecule has 2 amide bonds. The average molecular weight is 290 g/mol. The highest BCUT2D eigenvalue weighted by Gasteiger charge is 2.17. The number of aliphatic hydroxyl groups excluding tert-OH is 1. The molecule has 1 fully saturated rings. The Balaban J connectivity index is 1.98. The van der Waals surface area contributed by atoms with Gasteiger partial charge in [-0.2, -0.15) is 0 Å². The normalized spacial score (nSPS) is 14.4. The van der Waals surface area contributed by atoms with Gasteiger partial charge >= 0.3 is 6.03 Å². The van der Waals surface area contributed by atoms with Crippen molar-refractivity contribution in [2.75, 3.05) is 11.9 Å². The first-order valence-electron chi connectivity index (χ1n) is 7.16. The van der Waals surface area contributed by atoms with Crippen LogP contribution in [-0.4, -0.2) is 23.8 Å². The third kappa shape index (κ3) is 4.76. The molecule has 1 saturated carbocycles. The van der Waals surface area contributed by atoms with Crippen molar-refractivity contribution in [3.05, 3.63) is 29.6 Å². The molecule has 1 aliphatic rings. The first-order valence-corrected chi connectivity index (χ1v) is 7.16. The molecule has 1 aliphatic carbocycles. The van der Waals surface area contributed by atoms with Gasteiger partial charge in [-0.05, 0) is 31.0 Å². The second-order valence-electron chi connectivity index (χ2n) is 5.05. The summed E-state index contributed by atoms with van der Waals surface area (Å²) in [7, 11) is 0. The van der Waals surface area contributed by atoms with Crippen molar-refractivity contribution >= 4 is 11.7 Å². The summed E-state index contributed by atoms with van der Waals surface area (Å²) in [5.41, 5.74) is 0.710. The molecular formula is C16H19FN2O2. The SMILES string of the molecule is O=C(Nc1ccc(F)c(C#CCCO)c1)NC1CCCC1. The molecule has 112 valence electrons. The lowest BCUT2D eigenvalue weighted by molar-refractivity contribution is 0.248. The van der Waals surface area contributed by atoms with E-state index in [4.69, 9.17) is 5.11 Å². The number of urea groups is 1. The zero-order valence-corrected chi connectivity index (χ0v) is 11.8. The van der Waals surface area contributed by atoms with E-state index in [1.54, 1.807) is 0 Å². The Morgan fingerprint density at radius 1 is 1.38 bits per heavy atom. The van der Waals surface area contributed by atoms with Gasteiger partial charge < -0.3 is 15.7 Å². The summed E-state index contributed by atoms with van der Waals surface area (Å²) in [4.78, 5) is 11.8. The largest absolute Gasteiger partial charge is 0.395 e.